The van der Waals surface area contributed by atoms with E-state index in [-0.39, 0.29) is 18.0 Å². The molecule has 8 heteroatoms. The summed E-state index contributed by atoms with van der Waals surface area (Å²) in [4.78, 5) is 29.8. The maximum absolute atomic E-state index is 12.1. The Morgan fingerprint density at radius 3 is 2.33 bits per heavy atom. The standard InChI is InChI=1S/C19H35N5O3/c1-3-27-19(26)24-13-10-16(11-14-24)23-18(20-2)21-12-9-17(25)22-15-7-5-4-6-8-15/h15-16H,3-14H2,1-2H3,(H,22,25)(H2,20,21,23). The van der Waals surface area contributed by atoms with Gasteiger partial charge in [0.2, 0.25) is 5.91 Å². The van der Waals surface area contributed by atoms with Gasteiger partial charge in [-0.25, -0.2) is 4.79 Å². The number of nitrogens with one attached hydrogen (secondary N) is 3. The zero-order chi connectivity index (χ0) is 19.5. The molecule has 0 aromatic carbocycles. The fourth-order valence-corrected chi connectivity index (χ4v) is 3.65. The van der Waals surface area contributed by atoms with Gasteiger partial charge >= 0.3 is 6.09 Å². The first kappa shape index (κ1) is 21.3. The first-order chi connectivity index (χ1) is 13.1. The largest absolute Gasteiger partial charge is 0.450 e. The van der Waals surface area contributed by atoms with Gasteiger partial charge in [0.25, 0.3) is 0 Å². The van der Waals surface area contributed by atoms with Crippen LogP contribution < -0.4 is 16.0 Å². The summed E-state index contributed by atoms with van der Waals surface area (Å²) in [7, 11) is 1.73. The Bertz CT molecular complexity index is 498. The molecule has 1 saturated carbocycles. The van der Waals surface area contributed by atoms with Gasteiger partial charge in [0.05, 0.1) is 6.61 Å². The lowest BCUT2D eigenvalue weighted by atomic mass is 9.95. The van der Waals surface area contributed by atoms with Crippen molar-refractivity contribution in [3.63, 3.8) is 0 Å². The summed E-state index contributed by atoms with van der Waals surface area (Å²) >= 11 is 0. The fraction of sp³-hybridized carbons (Fsp3) is 0.842. The van der Waals surface area contributed by atoms with Crippen LogP contribution in [0.4, 0.5) is 4.79 Å². The maximum Gasteiger partial charge on any atom is 0.409 e. The molecule has 0 spiro atoms. The van der Waals surface area contributed by atoms with Crippen molar-refractivity contribution < 1.29 is 14.3 Å². The number of ether oxygens (including phenoxy) is 1. The molecule has 8 nitrogen and oxygen atoms in total. The molecule has 0 radical (unpaired) electrons. The van der Waals surface area contributed by atoms with E-state index in [1.807, 2.05) is 6.92 Å². The van der Waals surface area contributed by atoms with Crippen LogP contribution in [0.1, 0.15) is 58.3 Å². The van der Waals surface area contributed by atoms with Crippen LogP contribution in [0.25, 0.3) is 0 Å². The Labute approximate surface area is 162 Å². The fourth-order valence-electron chi connectivity index (χ4n) is 3.65. The molecule has 2 fully saturated rings. The number of rotatable bonds is 6. The van der Waals surface area contributed by atoms with E-state index in [4.69, 9.17) is 4.74 Å². The molecule has 1 saturated heterocycles. The van der Waals surface area contributed by atoms with E-state index < -0.39 is 0 Å². The second-order valence-corrected chi connectivity index (χ2v) is 7.26. The van der Waals surface area contributed by atoms with Gasteiger partial charge in [-0.1, -0.05) is 19.3 Å². The summed E-state index contributed by atoms with van der Waals surface area (Å²) in [6.45, 7) is 4.13. The number of piperidine rings is 1. The molecule has 1 aliphatic carbocycles. The predicted octanol–water partition coefficient (Wildman–Crippen LogP) is 1.61. The molecule has 1 heterocycles. The number of likely N-dealkylation sites (tertiary alicyclic amines) is 1. The molecule has 154 valence electrons. The van der Waals surface area contributed by atoms with Crippen LogP contribution in [-0.2, 0) is 9.53 Å². The highest BCUT2D eigenvalue weighted by Gasteiger charge is 2.24. The van der Waals surface area contributed by atoms with Crippen molar-refractivity contribution in [2.24, 2.45) is 4.99 Å². The number of carbonyl (C=O) groups excluding carboxylic acids is 2. The third kappa shape index (κ3) is 7.64. The van der Waals surface area contributed by atoms with Crippen molar-refractivity contribution >= 4 is 18.0 Å². The molecule has 0 aromatic heterocycles. The molecule has 3 N–H and O–H groups in total. The molecule has 1 aliphatic heterocycles. The number of nitrogens with zero attached hydrogens (tertiary/aromatic N) is 2. The van der Waals surface area contributed by atoms with Gasteiger partial charge in [-0.3, -0.25) is 9.79 Å². The summed E-state index contributed by atoms with van der Waals surface area (Å²) in [5.74, 6) is 0.808. The van der Waals surface area contributed by atoms with Crippen molar-refractivity contribution in [1.29, 1.82) is 0 Å². The van der Waals surface area contributed by atoms with Crippen molar-refractivity contribution in [2.45, 2.75) is 70.4 Å². The summed E-state index contributed by atoms with van der Waals surface area (Å²) in [6.07, 6.45) is 7.84. The zero-order valence-corrected chi connectivity index (χ0v) is 16.8. The summed E-state index contributed by atoms with van der Waals surface area (Å²) in [5, 5.41) is 9.72. The zero-order valence-electron chi connectivity index (χ0n) is 16.8. The minimum absolute atomic E-state index is 0.104. The SMILES string of the molecule is CCOC(=O)N1CCC(NC(=NC)NCCC(=O)NC2CCCCC2)CC1. The normalized spacial score (nSPS) is 19.5. The number of amides is 2. The Morgan fingerprint density at radius 1 is 1.04 bits per heavy atom. The van der Waals surface area contributed by atoms with E-state index in [2.05, 4.69) is 20.9 Å². The topological polar surface area (TPSA) is 95.1 Å². The van der Waals surface area contributed by atoms with Crippen molar-refractivity contribution in [1.82, 2.24) is 20.9 Å². The Morgan fingerprint density at radius 2 is 1.70 bits per heavy atom. The molecular formula is C19H35N5O3. The van der Waals surface area contributed by atoms with Crippen molar-refractivity contribution in [2.75, 3.05) is 33.3 Å². The third-order valence-electron chi connectivity index (χ3n) is 5.20. The van der Waals surface area contributed by atoms with Crippen LogP contribution in [0.2, 0.25) is 0 Å². The number of hydrogen-bond donors (Lipinski definition) is 3. The highest BCUT2D eigenvalue weighted by molar-refractivity contribution is 5.81. The van der Waals surface area contributed by atoms with Crippen molar-refractivity contribution in [3.05, 3.63) is 0 Å². The Balaban J connectivity index is 1.61. The van der Waals surface area contributed by atoms with E-state index in [1.165, 1.54) is 19.3 Å². The smallest absolute Gasteiger partial charge is 0.409 e. The van der Waals surface area contributed by atoms with Crippen LogP contribution in [0.5, 0.6) is 0 Å². The molecule has 27 heavy (non-hydrogen) atoms. The van der Waals surface area contributed by atoms with Crippen LogP contribution in [0.3, 0.4) is 0 Å². The maximum atomic E-state index is 12.1. The second-order valence-electron chi connectivity index (χ2n) is 7.26. The first-order valence-electron chi connectivity index (χ1n) is 10.3. The van der Waals surface area contributed by atoms with Gasteiger partial charge in [-0.2, -0.15) is 0 Å². The molecule has 0 unspecified atom stereocenters. The van der Waals surface area contributed by atoms with E-state index in [0.717, 1.165) is 25.7 Å². The average Bonchev–Trinajstić information content (AvgIpc) is 2.68. The van der Waals surface area contributed by atoms with Gasteiger partial charge < -0.3 is 25.6 Å². The van der Waals surface area contributed by atoms with Crippen LogP contribution >= 0.6 is 0 Å². The van der Waals surface area contributed by atoms with Crippen LogP contribution in [0, 0.1) is 0 Å². The Kier molecular flexibility index (Phi) is 9.21. The molecule has 0 atom stereocenters. The highest BCUT2D eigenvalue weighted by Crippen LogP contribution is 2.17. The van der Waals surface area contributed by atoms with Gasteiger partial charge in [0.15, 0.2) is 5.96 Å². The molecule has 0 aromatic rings. The van der Waals surface area contributed by atoms with Gasteiger partial charge in [-0.05, 0) is 32.6 Å². The van der Waals surface area contributed by atoms with Crippen LogP contribution in [-0.4, -0.2) is 68.2 Å². The van der Waals surface area contributed by atoms with E-state index in [9.17, 15) is 9.59 Å². The molecular weight excluding hydrogens is 346 g/mol. The second kappa shape index (κ2) is 11.7. The van der Waals surface area contributed by atoms with E-state index in [0.29, 0.717) is 44.7 Å². The number of hydrogen-bond acceptors (Lipinski definition) is 4. The highest BCUT2D eigenvalue weighted by atomic mass is 16.6. The number of aliphatic imine (C=N–C) groups is 1. The lowest BCUT2D eigenvalue weighted by Gasteiger charge is -2.32. The van der Waals surface area contributed by atoms with Crippen LogP contribution in [0.15, 0.2) is 4.99 Å². The minimum Gasteiger partial charge on any atom is -0.450 e. The lowest BCUT2D eigenvalue weighted by Crippen LogP contribution is -2.50. The average molecular weight is 382 g/mol. The van der Waals surface area contributed by atoms with Gasteiger partial charge in [0, 0.05) is 45.2 Å². The van der Waals surface area contributed by atoms with Gasteiger partial charge in [0.1, 0.15) is 0 Å². The Hall–Kier alpha value is -1.99. The van der Waals surface area contributed by atoms with E-state index >= 15 is 0 Å². The molecule has 2 amide bonds. The summed E-state index contributed by atoms with van der Waals surface area (Å²) in [5.41, 5.74) is 0. The molecule has 2 aliphatic rings. The third-order valence-corrected chi connectivity index (χ3v) is 5.20. The monoisotopic (exact) mass is 381 g/mol. The summed E-state index contributed by atoms with van der Waals surface area (Å²) < 4.78 is 5.04. The predicted molar refractivity (Wildman–Crippen MR) is 106 cm³/mol. The number of carbonyl (C=O) groups is 2. The minimum atomic E-state index is -0.234. The van der Waals surface area contributed by atoms with E-state index in [1.54, 1.807) is 11.9 Å². The first-order valence-corrected chi connectivity index (χ1v) is 10.3. The lowest BCUT2D eigenvalue weighted by molar-refractivity contribution is -0.121. The van der Waals surface area contributed by atoms with Crippen molar-refractivity contribution in [3.8, 4) is 0 Å². The molecule has 0 bridgehead atoms. The van der Waals surface area contributed by atoms with Gasteiger partial charge in [-0.15, -0.1) is 0 Å². The number of guanidine groups is 1. The summed E-state index contributed by atoms with van der Waals surface area (Å²) in [6, 6.07) is 0.617. The molecule has 2 rings (SSSR count). The quantitative estimate of drug-likeness (QED) is 0.480.